The summed E-state index contributed by atoms with van der Waals surface area (Å²) in [7, 11) is 0. The molecule has 2 rings (SSSR count). The van der Waals surface area contributed by atoms with Gasteiger partial charge in [0.2, 0.25) is 11.7 Å². The molecule has 21 heavy (non-hydrogen) atoms. The highest BCUT2D eigenvalue weighted by Gasteiger charge is 2.31. The van der Waals surface area contributed by atoms with Gasteiger partial charge in [-0.3, -0.25) is 4.79 Å². The SMILES string of the molecule is CC1NCCCC1C(=O)Nc1c(F)c(F)c(F)c(F)c1F. The number of benzene rings is 1. The van der Waals surface area contributed by atoms with Gasteiger partial charge in [0.1, 0.15) is 5.69 Å². The second-order valence-electron chi connectivity index (χ2n) is 4.93. The molecule has 1 saturated heterocycles. The number of anilines is 1. The number of piperidine rings is 1. The number of halogens is 5. The highest BCUT2D eigenvalue weighted by atomic mass is 19.2. The minimum absolute atomic E-state index is 0.250. The van der Waals surface area contributed by atoms with Crippen molar-refractivity contribution in [2.45, 2.75) is 25.8 Å². The summed E-state index contributed by atoms with van der Waals surface area (Å²) >= 11 is 0. The molecule has 1 aliphatic heterocycles. The number of carbonyl (C=O) groups is 1. The molecule has 2 atom stereocenters. The van der Waals surface area contributed by atoms with Crippen LogP contribution < -0.4 is 10.6 Å². The number of carbonyl (C=O) groups excluding carboxylic acids is 1. The van der Waals surface area contributed by atoms with Gasteiger partial charge in [0.05, 0.1) is 5.92 Å². The van der Waals surface area contributed by atoms with Crippen molar-refractivity contribution in [3.63, 3.8) is 0 Å². The van der Waals surface area contributed by atoms with Gasteiger partial charge < -0.3 is 10.6 Å². The molecule has 8 heteroatoms. The van der Waals surface area contributed by atoms with Crippen LogP contribution in [0.4, 0.5) is 27.6 Å². The summed E-state index contributed by atoms with van der Waals surface area (Å²) in [5.41, 5.74) is -1.31. The van der Waals surface area contributed by atoms with Crippen molar-refractivity contribution in [2.24, 2.45) is 5.92 Å². The number of hydrogen-bond donors (Lipinski definition) is 2. The van der Waals surface area contributed by atoms with Gasteiger partial charge in [-0.2, -0.15) is 0 Å². The van der Waals surface area contributed by atoms with Crippen molar-refractivity contribution in [2.75, 3.05) is 11.9 Å². The van der Waals surface area contributed by atoms with E-state index in [1.807, 2.05) is 5.32 Å². The molecule has 1 aromatic carbocycles. The lowest BCUT2D eigenvalue weighted by atomic mass is 9.91. The van der Waals surface area contributed by atoms with Crippen LogP contribution in [-0.2, 0) is 4.79 Å². The molecule has 1 aliphatic rings. The fourth-order valence-electron chi connectivity index (χ4n) is 2.33. The summed E-state index contributed by atoms with van der Waals surface area (Å²) in [4.78, 5) is 12.0. The van der Waals surface area contributed by atoms with E-state index in [0.29, 0.717) is 19.4 Å². The van der Waals surface area contributed by atoms with Crippen LogP contribution in [0.3, 0.4) is 0 Å². The van der Waals surface area contributed by atoms with Gasteiger partial charge in [0, 0.05) is 6.04 Å². The van der Waals surface area contributed by atoms with E-state index in [-0.39, 0.29) is 6.04 Å². The fourth-order valence-corrected chi connectivity index (χ4v) is 2.33. The average Bonchev–Trinajstić information content (AvgIpc) is 2.48. The number of amides is 1. The zero-order valence-corrected chi connectivity index (χ0v) is 11.1. The predicted molar refractivity (Wildman–Crippen MR) is 65.1 cm³/mol. The molecule has 2 N–H and O–H groups in total. The molecule has 1 amide bonds. The Morgan fingerprint density at radius 2 is 1.57 bits per heavy atom. The molecule has 0 radical (unpaired) electrons. The Kier molecular flexibility index (Phi) is 4.46. The molecule has 0 bridgehead atoms. The van der Waals surface area contributed by atoms with Gasteiger partial charge in [0.25, 0.3) is 0 Å². The van der Waals surface area contributed by atoms with E-state index in [1.54, 1.807) is 6.92 Å². The maximum atomic E-state index is 13.5. The van der Waals surface area contributed by atoms with Crippen molar-refractivity contribution in [1.29, 1.82) is 0 Å². The maximum Gasteiger partial charge on any atom is 0.229 e. The lowest BCUT2D eigenvalue weighted by Crippen LogP contribution is -2.44. The molecule has 1 heterocycles. The summed E-state index contributed by atoms with van der Waals surface area (Å²) in [6.07, 6.45) is 1.15. The summed E-state index contributed by atoms with van der Waals surface area (Å²) in [5, 5.41) is 4.82. The van der Waals surface area contributed by atoms with E-state index < -0.39 is 46.6 Å². The van der Waals surface area contributed by atoms with Crippen LogP contribution in [0.2, 0.25) is 0 Å². The molecule has 0 aromatic heterocycles. The van der Waals surface area contributed by atoms with Crippen molar-refractivity contribution < 1.29 is 26.7 Å². The number of nitrogens with one attached hydrogen (secondary N) is 2. The molecule has 3 nitrogen and oxygen atoms in total. The molecule has 1 fully saturated rings. The van der Waals surface area contributed by atoms with Crippen LogP contribution >= 0.6 is 0 Å². The van der Waals surface area contributed by atoms with E-state index in [1.165, 1.54) is 0 Å². The average molecular weight is 308 g/mol. The second-order valence-corrected chi connectivity index (χ2v) is 4.93. The van der Waals surface area contributed by atoms with Crippen LogP contribution in [0.15, 0.2) is 0 Å². The summed E-state index contributed by atoms with van der Waals surface area (Å²) < 4.78 is 65.9. The standard InChI is InChI=1S/C13H13F5N2O/c1-5-6(3-2-4-19-5)13(21)20-12-10(17)8(15)7(14)9(16)11(12)18/h5-6,19H,2-4H2,1H3,(H,20,21). The minimum Gasteiger partial charge on any atom is -0.321 e. The molecular formula is C13H13F5N2O. The number of hydrogen-bond acceptors (Lipinski definition) is 2. The van der Waals surface area contributed by atoms with E-state index in [0.717, 1.165) is 0 Å². The van der Waals surface area contributed by atoms with Crippen molar-refractivity contribution >= 4 is 11.6 Å². The highest BCUT2D eigenvalue weighted by Crippen LogP contribution is 2.28. The molecule has 0 spiro atoms. The zero-order valence-electron chi connectivity index (χ0n) is 11.1. The number of rotatable bonds is 2. The van der Waals surface area contributed by atoms with Crippen molar-refractivity contribution in [3.8, 4) is 0 Å². The third-order valence-corrected chi connectivity index (χ3v) is 3.56. The Morgan fingerprint density at radius 1 is 1.05 bits per heavy atom. The molecule has 1 aromatic rings. The van der Waals surface area contributed by atoms with Crippen LogP contribution in [0.5, 0.6) is 0 Å². The highest BCUT2D eigenvalue weighted by molar-refractivity contribution is 5.93. The van der Waals surface area contributed by atoms with Crippen LogP contribution in [0, 0.1) is 35.0 Å². The Labute approximate surface area is 117 Å². The zero-order chi connectivity index (χ0) is 15.7. The monoisotopic (exact) mass is 308 g/mol. The van der Waals surface area contributed by atoms with E-state index in [4.69, 9.17) is 0 Å². The normalized spacial score (nSPS) is 22.2. The van der Waals surface area contributed by atoms with E-state index in [2.05, 4.69) is 5.32 Å². The van der Waals surface area contributed by atoms with Gasteiger partial charge in [-0.25, -0.2) is 22.0 Å². The topological polar surface area (TPSA) is 41.1 Å². The first-order chi connectivity index (χ1) is 9.84. The lowest BCUT2D eigenvalue weighted by molar-refractivity contribution is -0.121. The Bertz CT molecular complexity index is 549. The van der Waals surface area contributed by atoms with Gasteiger partial charge in [-0.1, -0.05) is 0 Å². The van der Waals surface area contributed by atoms with Gasteiger partial charge in [0.15, 0.2) is 23.3 Å². The fraction of sp³-hybridized carbons (Fsp3) is 0.462. The smallest absolute Gasteiger partial charge is 0.229 e. The summed E-state index contributed by atoms with van der Waals surface area (Å²) in [6.45, 7) is 2.41. The third kappa shape index (κ3) is 2.85. The molecule has 0 saturated carbocycles. The van der Waals surface area contributed by atoms with Crippen LogP contribution in [0.25, 0.3) is 0 Å². The second kappa shape index (κ2) is 5.97. The van der Waals surface area contributed by atoms with Crippen molar-refractivity contribution in [1.82, 2.24) is 5.32 Å². The maximum absolute atomic E-state index is 13.5. The van der Waals surface area contributed by atoms with Crippen molar-refractivity contribution in [3.05, 3.63) is 29.1 Å². The van der Waals surface area contributed by atoms with E-state index >= 15 is 0 Å². The first-order valence-electron chi connectivity index (χ1n) is 6.40. The quantitative estimate of drug-likeness (QED) is 0.501. The van der Waals surface area contributed by atoms with E-state index in [9.17, 15) is 26.7 Å². The first kappa shape index (κ1) is 15.7. The lowest BCUT2D eigenvalue weighted by Gasteiger charge is -2.29. The third-order valence-electron chi connectivity index (χ3n) is 3.56. The molecule has 116 valence electrons. The molecule has 0 aliphatic carbocycles. The Morgan fingerprint density at radius 3 is 2.10 bits per heavy atom. The summed E-state index contributed by atoms with van der Waals surface area (Å²) in [6, 6.07) is -0.250. The molecule has 2 unspecified atom stereocenters. The molecular weight excluding hydrogens is 295 g/mol. The van der Waals surface area contributed by atoms with Gasteiger partial charge in [-0.05, 0) is 26.3 Å². The largest absolute Gasteiger partial charge is 0.321 e. The Hall–Kier alpha value is -1.70. The first-order valence-corrected chi connectivity index (χ1v) is 6.40. The van der Waals surface area contributed by atoms with Crippen LogP contribution in [-0.4, -0.2) is 18.5 Å². The summed E-state index contributed by atoms with van der Waals surface area (Å²) in [5.74, 6) is -11.9. The van der Waals surface area contributed by atoms with Gasteiger partial charge in [-0.15, -0.1) is 0 Å². The minimum atomic E-state index is -2.25. The van der Waals surface area contributed by atoms with Crippen LogP contribution in [0.1, 0.15) is 19.8 Å². The van der Waals surface area contributed by atoms with Gasteiger partial charge >= 0.3 is 0 Å². The Balaban J connectivity index is 2.29. The predicted octanol–water partition coefficient (Wildman–Crippen LogP) is 2.71.